The van der Waals surface area contributed by atoms with Gasteiger partial charge in [-0.15, -0.1) is 0 Å². The Kier molecular flexibility index (Phi) is 5.19. The number of aryl methyl sites for hydroxylation is 1. The summed E-state index contributed by atoms with van der Waals surface area (Å²) in [5.41, 5.74) is 5.96. The fourth-order valence-corrected chi connectivity index (χ4v) is 4.53. The lowest BCUT2D eigenvalue weighted by atomic mass is 10.0. The van der Waals surface area contributed by atoms with E-state index in [1.165, 1.54) is 29.7 Å². The second-order valence-electron chi connectivity index (χ2n) is 8.66. The summed E-state index contributed by atoms with van der Waals surface area (Å²) in [6.45, 7) is 10.8. The van der Waals surface area contributed by atoms with Gasteiger partial charge in [-0.1, -0.05) is 37.8 Å². The van der Waals surface area contributed by atoms with Gasteiger partial charge < -0.3 is 9.80 Å². The molecule has 2 aromatic heterocycles. The third-order valence-electron chi connectivity index (χ3n) is 6.40. The molecule has 5 heteroatoms. The molecule has 0 N–H and O–H groups in total. The van der Waals surface area contributed by atoms with Crippen molar-refractivity contribution in [3.8, 4) is 11.1 Å². The highest BCUT2D eigenvalue weighted by molar-refractivity contribution is 5.78. The van der Waals surface area contributed by atoms with E-state index in [2.05, 4.69) is 58.7 Å². The van der Waals surface area contributed by atoms with Gasteiger partial charge in [0.05, 0.1) is 6.20 Å². The van der Waals surface area contributed by atoms with Gasteiger partial charge in [0, 0.05) is 43.6 Å². The number of allylic oxidation sites excluding steroid dienone is 1. The summed E-state index contributed by atoms with van der Waals surface area (Å²) < 4.78 is 1.89. The lowest BCUT2D eigenvalue weighted by Gasteiger charge is -2.31. The van der Waals surface area contributed by atoms with Crippen molar-refractivity contribution in [2.24, 2.45) is 5.92 Å². The molecular formula is C25H31N5. The minimum atomic E-state index is 0.704. The molecule has 1 aromatic carbocycles. The molecule has 0 radical (unpaired) electrons. The predicted octanol–water partition coefficient (Wildman–Crippen LogP) is 4.78. The molecule has 0 unspecified atom stereocenters. The van der Waals surface area contributed by atoms with Crippen LogP contribution in [0.1, 0.15) is 38.2 Å². The first kappa shape index (κ1) is 19.2. The summed E-state index contributed by atoms with van der Waals surface area (Å²) >= 11 is 0. The molecule has 30 heavy (non-hydrogen) atoms. The SMILES string of the molecule is C=C(C1CC1)N1CCCc2cccc(c2)-c2cnn3ccc(nc23)N(CCC)CC1. The van der Waals surface area contributed by atoms with Crippen molar-refractivity contribution < 1.29 is 0 Å². The maximum absolute atomic E-state index is 5.06. The van der Waals surface area contributed by atoms with Crippen molar-refractivity contribution in [3.05, 3.63) is 60.6 Å². The molecule has 5 nitrogen and oxygen atoms in total. The van der Waals surface area contributed by atoms with Crippen LogP contribution >= 0.6 is 0 Å². The standard InChI is InChI=1S/C25H31N5/c1-3-12-29-16-15-28(19(2)21-9-10-21)13-5-7-20-6-4-8-22(17-20)23-18-26-30-14-11-24(29)27-25(23)30/h4,6,8,11,14,17-18,21H,2-3,5,7,9-10,12-13,15-16H2,1H3. The van der Waals surface area contributed by atoms with Crippen molar-refractivity contribution in [1.82, 2.24) is 19.5 Å². The molecule has 5 rings (SSSR count). The van der Waals surface area contributed by atoms with Crippen LogP contribution in [0.3, 0.4) is 0 Å². The van der Waals surface area contributed by atoms with E-state index in [0.717, 1.165) is 62.5 Å². The van der Waals surface area contributed by atoms with E-state index in [-0.39, 0.29) is 0 Å². The summed E-state index contributed by atoms with van der Waals surface area (Å²) in [4.78, 5) is 10.0. The molecule has 3 aromatic rings. The number of aromatic nitrogens is 3. The van der Waals surface area contributed by atoms with Gasteiger partial charge in [0.15, 0.2) is 5.65 Å². The number of anilines is 1. The molecular weight excluding hydrogens is 370 g/mol. The van der Waals surface area contributed by atoms with Crippen LogP contribution in [0.2, 0.25) is 0 Å². The van der Waals surface area contributed by atoms with Crippen LogP contribution in [0.25, 0.3) is 16.8 Å². The van der Waals surface area contributed by atoms with E-state index in [1.54, 1.807) is 0 Å². The van der Waals surface area contributed by atoms with Crippen LogP contribution in [-0.2, 0) is 6.42 Å². The lowest BCUT2D eigenvalue weighted by Crippen LogP contribution is -2.36. The molecule has 0 saturated heterocycles. The van der Waals surface area contributed by atoms with Gasteiger partial charge in [0.2, 0.25) is 0 Å². The summed E-state index contributed by atoms with van der Waals surface area (Å²) in [5.74, 6) is 1.74. The fraction of sp³-hybridized carbons (Fsp3) is 0.440. The van der Waals surface area contributed by atoms with Gasteiger partial charge in [-0.05, 0) is 55.2 Å². The maximum Gasteiger partial charge on any atom is 0.165 e. The van der Waals surface area contributed by atoms with E-state index < -0.39 is 0 Å². The van der Waals surface area contributed by atoms with E-state index in [1.807, 2.05) is 16.9 Å². The van der Waals surface area contributed by atoms with Crippen molar-refractivity contribution in [3.63, 3.8) is 0 Å². The Hall–Kier alpha value is -2.82. The zero-order valence-electron chi connectivity index (χ0n) is 17.9. The van der Waals surface area contributed by atoms with Gasteiger partial charge >= 0.3 is 0 Å². The molecule has 0 spiro atoms. The smallest absolute Gasteiger partial charge is 0.165 e. The average molecular weight is 402 g/mol. The Morgan fingerprint density at radius 3 is 2.90 bits per heavy atom. The van der Waals surface area contributed by atoms with E-state index >= 15 is 0 Å². The zero-order valence-corrected chi connectivity index (χ0v) is 17.9. The monoisotopic (exact) mass is 401 g/mol. The second-order valence-corrected chi connectivity index (χ2v) is 8.66. The third kappa shape index (κ3) is 3.81. The maximum atomic E-state index is 5.06. The Morgan fingerprint density at radius 2 is 2.07 bits per heavy atom. The highest BCUT2D eigenvalue weighted by Gasteiger charge is 2.28. The highest BCUT2D eigenvalue weighted by Crippen LogP contribution is 2.37. The van der Waals surface area contributed by atoms with Crippen LogP contribution in [0.4, 0.5) is 5.82 Å². The van der Waals surface area contributed by atoms with Crippen LogP contribution in [0, 0.1) is 5.92 Å². The quantitative estimate of drug-likeness (QED) is 0.630. The summed E-state index contributed by atoms with van der Waals surface area (Å²) in [6, 6.07) is 11.0. The first-order valence-electron chi connectivity index (χ1n) is 11.4. The molecule has 1 aliphatic carbocycles. The van der Waals surface area contributed by atoms with Crippen LogP contribution in [0.5, 0.6) is 0 Å². The zero-order chi connectivity index (χ0) is 20.5. The van der Waals surface area contributed by atoms with Gasteiger partial charge in [0.1, 0.15) is 5.82 Å². The van der Waals surface area contributed by atoms with Crippen molar-refractivity contribution in [2.45, 2.75) is 39.0 Å². The third-order valence-corrected chi connectivity index (χ3v) is 6.40. The minimum Gasteiger partial charge on any atom is -0.373 e. The van der Waals surface area contributed by atoms with Gasteiger partial charge in [-0.2, -0.15) is 5.10 Å². The number of nitrogens with zero attached hydrogens (tertiary/aromatic N) is 5. The number of benzene rings is 1. The van der Waals surface area contributed by atoms with Crippen molar-refractivity contribution in [1.29, 1.82) is 0 Å². The Bertz CT molecular complexity index is 1050. The minimum absolute atomic E-state index is 0.704. The summed E-state index contributed by atoms with van der Waals surface area (Å²) in [5, 5.41) is 4.55. The molecule has 156 valence electrons. The van der Waals surface area contributed by atoms with Gasteiger partial charge in [-0.3, -0.25) is 0 Å². The highest BCUT2D eigenvalue weighted by atomic mass is 15.3. The molecule has 1 saturated carbocycles. The van der Waals surface area contributed by atoms with Crippen molar-refractivity contribution >= 4 is 11.5 Å². The molecule has 1 aliphatic heterocycles. The molecule has 4 bridgehead atoms. The number of rotatable bonds is 4. The van der Waals surface area contributed by atoms with Gasteiger partial charge in [0.25, 0.3) is 0 Å². The normalized spacial score (nSPS) is 17.4. The molecule has 1 fully saturated rings. The van der Waals surface area contributed by atoms with E-state index in [4.69, 9.17) is 4.98 Å². The first-order valence-corrected chi connectivity index (χ1v) is 11.4. The largest absolute Gasteiger partial charge is 0.373 e. The number of fused-ring (bicyclic) bond motifs is 4. The Labute approximate surface area is 179 Å². The Morgan fingerprint density at radius 1 is 1.17 bits per heavy atom. The fourth-order valence-electron chi connectivity index (χ4n) is 4.53. The van der Waals surface area contributed by atoms with E-state index in [9.17, 15) is 0 Å². The Balaban J connectivity index is 1.55. The van der Waals surface area contributed by atoms with Crippen molar-refractivity contribution in [2.75, 3.05) is 31.1 Å². The lowest BCUT2D eigenvalue weighted by molar-refractivity contribution is 0.328. The molecule has 2 aliphatic rings. The molecule has 3 heterocycles. The van der Waals surface area contributed by atoms with E-state index in [0.29, 0.717) is 5.92 Å². The second kappa shape index (κ2) is 8.13. The molecule has 0 atom stereocenters. The van der Waals surface area contributed by atoms with Crippen LogP contribution in [-0.4, -0.2) is 45.7 Å². The van der Waals surface area contributed by atoms with Crippen LogP contribution in [0.15, 0.2) is 55.0 Å². The summed E-state index contributed by atoms with van der Waals surface area (Å²) in [6.07, 6.45) is 9.93. The topological polar surface area (TPSA) is 36.7 Å². The first-order chi connectivity index (χ1) is 14.7. The summed E-state index contributed by atoms with van der Waals surface area (Å²) in [7, 11) is 0. The number of hydrogen-bond donors (Lipinski definition) is 0. The van der Waals surface area contributed by atoms with Gasteiger partial charge in [-0.25, -0.2) is 9.50 Å². The molecule has 0 amide bonds. The predicted molar refractivity (Wildman–Crippen MR) is 123 cm³/mol. The van der Waals surface area contributed by atoms with Crippen LogP contribution < -0.4 is 4.90 Å². The number of hydrogen-bond acceptors (Lipinski definition) is 4. The average Bonchev–Trinajstić information content (AvgIpc) is 3.53.